The van der Waals surface area contributed by atoms with Gasteiger partial charge in [-0.1, -0.05) is 42.9 Å². The van der Waals surface area contributed by atoms with Crippen LogP contribution in [-0.2, 0) is 30.8 Å². The van der Waals surface area contributed by atoms with Crippen molar-refractivity contribution in [1.29, 1.82) is 0 Å². The van der Waals surface area contributed by atoms with Crippen molar-refractivity contribution in [2.24, 2.45) is 0 Å². The summed E-state index contributed by atoms with van der Waals surface area (Å²) in [4.78, 5) is 23.2. The Labute approximate surface area is 225 Å². The van der Waals surface area contributed by atoms with Gasteiger partial charge < -0.3 is 20.7 Å². The van der Waals surface area contributed by atoms with Gasteiger partial charge in [0.05, 0.1) is 38.9 Å². The molecule has 0 aliphatic rings. The number of benzene rings is 3. The molecule has 0 aliphatic heterocycles. The molecule has 36 heavy (non-hydrogen) atoms. The van der Waals surface area contributed by atoms with Crippen molar-refractivity contribution < 1.29 is 11.4 Å². The summed E-state index contributed by atoms with van der Waals surface area (Å²) in [5.74, 6) is 2.82. The number of aromatic nitrogens is 6. The zero-order chi connectivity index (χ0) is 25.3. The summed E-state index contributed by atoms with van der Waals surface area (Å²) in [6.45, 7) is 0.217. The summed E-state index contributed by atoms with van der Waals surface area (Å²) in [5, 5.41) is 0. The molecule has 6 rings (SSSR count). The molecular formula is C25H24Cl3CrN7. The van der Waals surface area contributed by atoms with Gasteiger partial charge in [0.25, 0.3) is 0 Å². The molecule has 3 heterocycles. The Morgan fingerprint density at radius 1 is 0.583 bits per heavy atom. The Kier molecular flexibility index (Phi) is 9.65. The smallest absolute Gasteiger partial charge is 0.107 e. The molecule has 0 atom stereocenters. The van der Waals surface area contributed by atoms with Gasteiger partial charge in [-0.25, -0.2) is 15.0 Å². The average molecular weight is 581 g/mol. The number of aromatic amines is 3. The third-order valence-electron chi connectivity index (χ3n) is 5.31. The Bertz CT molecular complexity index is 1350. The Hall–Kier alpha value is -2.57. The van der Waals surface area contributed by atoms with E-state index in [1.54, 1.807) is 0 Å². The number of halogens is 3. The molecule has 0 saturated heterocycles. The van der Waals surface area contributed by atoms with Crippen LogP contribution in [0.2, 0.25) is 0 Å². The molecule has 0 unspecified atom stereocenters. The van der Waals surface area contributed by atoms with E-state index in [2.05, 4.69) is 42.0 Å². The van der Waals surface area contributed by atoms with E-state index in [4.69, 9.17) is 35.9 Å². The fraction of sp³-hybridized carbons (Fsp3) is 0.160. The minimum absolute atomic E-state index is 0.217. The van der Waals surface area contributed by atoms with E-state index >= 15 is 0 Å². The minimum Gasteiger partial charge on any atom is -0.671 e. The molecule has 11 heteroatoms. The van der Waals surface area contributed by atoms with Crippen LogP contribution >= 0.6 is 30.1 Å². The van der Waals surface area contributed by atoms with Gasteiger partial charge >= 0.3 is 41.5 Å². The minimum atomic E-state index is -1.62. The average Bonchev–Trinajstić information content (AvgIpc) is 3.59. The predicted octanol–water partition coefficient (Wildman–Crippen LogP) is 7.80. The van der Waals surface area contributed by atoms with Crippen LogP contribution in [0.5, 0.6) is 0 Å². The van der Waals surface area contributed by atoms with E-state index in [1.807, 2.05) is 60.7 Å². The van der Waals surface area contributed by atoms with E-state index in [9.17, 15) is 0 Å². The maximum absolute atomic E-state index is 7.08. The van der Waals surface area contributed by atoms with E-state index in [1.165, 1.54) is 0 Å². The number of H-pyrrole nitrogens is 3. The summed E-state index contributed by atoms with van der Waals surface area (Å²) in [6, 6.07) is 24.1. The number of rotatable bonds is 5. The largest absolute Gasteiger partial charge is 0.671 e. The first-order valence-corrected chi connectivity index (χ1v) is 16.5. The van der Waals surface area contributed by atoms with Gasteiger partial charge in [-0.2, -0.15) is 0 Å². The van der Waals surface area contributed by atoms with Crippen molar-refractivity contribution in [1.82, 2.24) is 29.9 Å². The van der Waals surface area contributed by atoms with Crippen molar-refractivity contribution in [3.8, 4) is 0 Å². The number of hydrogen-bond donors (Lipinski definition) is 3. The van der Waals surface area contributed by atoms with Gasteiger partial charge in [-0.3, -0.25) is 0 Å². The molecule has 3 aromatic carbocycles. The maximum atomic E-state index is 7.08. The normalized spacial score (nSPS) is 10.9. The first kappa shape index (κ1) is 26.5. The third kappa shape index (κ3) is 7.47. The van der Waals surface area contributed by atoms with Crippen LogP contribution in [-0.4, -0.2) is 29.9 Å². The Morgan fingerprint density at radius 3 is 1.28 bits per heavy atom. The second-order valence-corrected chi connectivity index (χ2v) is 14.1. The molecule has 0 radical (unpaired) electrons. The van der Waals surface area contributed by atoms with Crippen molar-refractivity contribution in [2.75, 3.05) is 0 Å². The zero-order valence-corrected chi connectivity index (χ0v) is 22.7. The Morgan fingerprint density at radius 2 is 0.917 bits per heavy atom. The van der Waals surface area contributed by atoms with Crippen molar-refractivity contribution in [2.45, 2.75) is 25.8 Å². The molecule has 0 saturated carbocycles. The first-order chi connectivity index (χ1) is 17.5. The van der Waals surface area contributed by atoms with Crippen LogP contribution < -0.4 is 0 Å². The van der Waals surface area contributed by atoms with Gasteiger partial charge in [-0.05, 0) is 42.8 Å². The summed E-state index contributed by atoms with van der Waals surface area (Å²) in [5.41, 5.74) is 13.3. The summed E-state index contributed by atoms with van der Waals surface area (Å²) in [7, 11) is 14.8. The van der Waals surface area contributed by atoms with Gasteiger partial charge in [0, 0.05) is 12.8 Å². The number of hydrogen-bond acceptors (Lipinski definition) is 3. The van der Waals surface area contributed by atoms with E-state index in [0.29, 0.717) is 0 Å². The number of nitrogens with zero attached hydrogens (tertiary/aromatic N) is 3. The van der Waals surface area contributed by atoms with Crippen molar-refractivity contribution >= 4 is 63.2 Å². The van der Waals surface area contributed by atoms with Gasteiger partial charge in [-0.15, -0.1) is 0 Å². The van der Waals surface area contributed by atoms with Crippen LogP contribution in [0.3, 0.4) is 0 Å². The molecule has 3 aromatic heterocycles. The second kappa shape index (κ2) is 13.1. The molecule has 6 aromatic rings. The van der Waals surface area contributed by atoms with Crippen LogP contribution in [0.1, 0.15) is 23.9 Å². The van der Waals surface area contributed by atoms with E-state index < -0.39 is 11.4 Å². The maximum Gasteiger partial charge on any atom is 0.107 e. The molecule has 0 spiro atoms. The molecular weight excluding hydrogens is 557 g/mol. The summed E-state index contributed by atoms with van der Waals surface area (Å²) < 4.78 is 0. The quantitative estimate of drug-likeness (QED) is 0.193. The summed E-state index contributed by atoms with van der Waals surface area (Å²) in [6.07, 6.45) is 2.90. The molecule has 186 valence electrons. The number of nitrogens with one attached hydrogen (secondary N) is 4. The van der Waals surface area contributed by atoms with Crippen LogP contribution in [0.4, 0.5) is 0 Å². The molecule has 0 bridgehead atoms. The van der Waals surface area contributed by atoms with Gasteiger partial charge in [0.1, 0.15) is 11.6 Å². The second-order valence-electron chi connectivity index (χ2n) is 7.81. The predicted molar refractivity (Wildman–Crippen MR) is 146 cm³/mol. The van der Waals surface area contributed by atoms with Crippen molar-refractivity contribution in [3.05, 3.63) is 96.0 Å². The molecule has 4 N–H and O–H groups in total. The fourth-order valence-corrected chi connectivity index (χ4v) is 3.76. The molecule has 0 fully saturated rings. The number of aryl methyl sites for hydroxylation is 2. The van der Waals surface area contributed by atoms with Gasteiger partial charge in [0.15, 0.2) is 0 Å². The summed E-state index contributed by atoms with van der Waals surface area (Å²) >= 11 is -1.62. The monoisotopic (exact) mass is 579 g/mol. The van der Waals surface area contributed by atoms with Crippen LogP contribution in [0.25, 0.3) is 38.8 Å². The van der Waals surface area contributed by atoms with E-state index in [-0.39, 0.29) is 6.54 Å². The SMILES string of the molecule is [Cl][Cr+]([Cl])[Cl].[NH-]Cc1nc2ccccc2[nH]1.c1ccc2[nH]c(CCCc3nc4ccccc4[nH]3)nc2c1. The topological polar surface area (TPSA) is 110 Å². The number of para-hydroxylation sites is 6. The first-order valence-electron chi connectivity index (χ1n) is 11.2. The molecule has 0 amide bonds. The van der Waals surface area contributed by atoms with Crippen LogP contribution in [0.15, 0.2) is 72.8 Å². The van der Waals surface area contributed by atoms with E-state index in [0.717, 1.165) is 69.8 Å². The molecule has 7 nitrogen and oxygen atoms in total. The number of imidazole rings is 3. The third-order valence-corrected chi connectivity index (χ3v) is 5.31. The van der Waals surface area contributed by atoms with Crippen molar-refractivity contribution in [3.63, 3.8) is 0 Å². The van der Waals surface area contributed by atoms with Gasteiger partial charge in [0.2, 0.25) is 0 Å². The Balaban J connectivity index is 0.000000170. The molecule has 0 aliphatic carbocycles. The van der Waals surface area contributed by atoms with Crippen LogP contribution in [0, 0.1) is 0 Å². The number of fused-ring (bicyclic) bond motifs is 3. The zero-order valence-electron chi connectivity index (χ0n) is 19.1. The fourth-order valence-electron chi connectivity index (χ4n) is 3.76. The standard InChI is InChI=1S/C17H16N4.C8H8N3.3ClH.Cr/c1-2-7-13-12(6-1)18-16(19-13)10-5-11-17-20-14-8-3-4-9-15(14)21-17;9-5-8-10-6-3-1-2-4-7(6)11-8;;;;/h1-4,6-9H,5,10-11H2,(H,18,19)(H,20,21);1-4,9H,5H2,(H,10,11);3*1H;/q;-1;;;;+4/p-3.